The number of hydrogen-bond donors (Lipinski definition) is 0. The Labute approximate surface area is 152 Å². The van der Waals surface area contributed by atoms with E-state index in [1.54, 1.807) is 0 Å². The first-order valence-corrected chi connectivity index (χ1v) is 9.51. The summed E-state index contributed by atoms with van der Waals surface area (Å²) in [5.74, 6) is -1.10. The molecule has 4 rings (SSSR count). The molecule has 2 aromatic rings. The first kappa shape index (κ1) is 17.3. The van der Waals surface area contributed by atoms with E-state index in [0.717, 1.165) is 62.9 Å². The van der Waals surface area contributed by atoms with Gasteiger partial charge in [-0.2, -0.15) is 0 Å². The van der Waals surface area contributed by atoms with Crippen LogP contribution >= 0.6 is 0 Å². The molecule has 0 unspecified atom stereocenters. The van der Waals surface area contributed by atoms with Crippen molar-refractivity contribution in [3.8, 4) is 0 Å². The van der Waals surface area contributed by atoms with Crippen LogP contribution in [-0.2, 0) is 19.4 Å². The molecular weight excluding hydrogens is 334 g/mol. The molecule has 0 bridgehead atoms. The Bertz CT molecular complexity index is 830. The van der Waals surface area contributed by atoms with E-state index in [2.05, 4.69) is 0 Å². The highest BCUT2D eigenvalue weighted by atomic mass is 19.1. The summed E-state index contributed by atoms with van der Waals surface area (Å²) >= 11 is 0. The van der Waals surface area contributed by atoms with Crippen LogP contribution in [0.5, 0.6) is 0 Å². The minimum absolute atomic E-state index is 0.00569. The second-order valence-corrected chi connectivity index (χ2v) is 7.39. The molecule has 0 N–H and O–H groups in total. The number of hydrogen-bond acceptors (Lipinski definition) is 1. The number of rotatable bonds is 3. The van der Waals surface area contributed by atoms with Gasteiger partial charge >= 0.3 is 0 Å². The van der Waals surface area contributed by atoms with E-state index in [4.69, 9.17) is 0 Å². The van der Waals surface area contributed by atoms with Crippen LogP contribution in [0.25, 0.3) is 0 Å². The van der Waals surface area contributed by atoms with Gasteiger partial charge in [0.15, 0.2) is 0 Å². The third kappa shape index (κ3) is 2.83. The van der Waals surface area contributed by atoms with Gasteiger partial charge in [0.1, 0.15) is 17.3 Å². The number of amides is 1. The maximum absolute atomic E-state index is 14.3. The SMILES string of the molecule is Cc1c2c(n(Cc3c(F)cccc3F)c1C(=O)N1CCCC1)CCCC2. The Morgan fingerprint density at radius 2 is 1.69 bits per heavy atom. The standard InChI is InChI=1S/C21H24F2N2O/c1-14-15-7-2-3-10-19(15)25(13-16-17(22)8-6-9-18(16)23)20(14)21(26)24-11-4-5-12-24/h6,8-9H,2-5,7,10-13H2,1H3. The van der Waals surface area contributed by atoms with Crippen molar-refractivity contribution in [2.24, 2.45) is 0 Å². The fraction of sp³-hybridized carbons (Fsp3) is 0.476. The average molecular weight is 358 g/mol. The highest BCUT2D eigenvalue weighted by Crippen LogP contribution is 2.32. The second kappa shape index (κ2) is 6.86. The minimum Gasteiger partial charge on any atom is -0.337 e. The Balaban J connectivity index is 1.83. The molecule has 5 heteroatoms. The van der Waals surface area contributed by atoms with Gasteiger partial charge in [0.2, 0.25) is 0 Å². The normalized spacial score (nSPS) is 16.8. The van der Waals surface area contributed by atoms with Crippen molar-refractivity contribution >= 4 is 5.91 Å². The summed E-state index contributed by atoms with van der Waals surface area (Å²) in [5.41, 5.74) is 3.94. The van der Waals surface area contributed by atoms with E-state index in [0.29, 0.717) is 5.69 Å². The van der Waals surface area contributed by atoms with E-state index in [9.17, 15) is 13.6 Å². The number of carbonyl (C=O) groups excluding carboxylic acids is 1. The molecule has 0 atom stereocenters. The Morgan fingerprint density at radius 1 is 1.04 bits per heavy atom. The number of fused-ring (bicyclic) bond motifs is 1. The van der Waals surface area contributed by atoms with Gasteiger partial charge in [0.25, 0.3) is 5.91 Å². The van der Waals surface area contributed by atoms with Crippen LogP contribution in [0.4, 0.5) is 8.78 Å². The highest BCUT2D eigenvalue weighted by Gasteiger charge is 2.30. The molecule has 1 aliphatic carbocycles. The van der Waals surface area contributed by atoms with Gasteiger partial charge in [-0.15, -0.1) is 0 Å². The molecule has 2 heterocycles. The van der Waals surface area contributed by atoms with Crippen LogP contribution in [0.3, 0.4) is 0 Å². The first-order chi connectivity index (χ1) is 12.6. The molecule has 0 saturated carbocycles. The summed E-state index contributed by atoms with van der Waals surface area (Å²) in [7, 11) is 0. The van der Waals surface area contributed by atoms with Crippen molar-refractivity contribution in [2.75, 3.05) is 13.1 Å². The minimum atomic E-state index is -0.555. The molecule has 26 heavy (non-hydrogen) atoms. The molecule has 3 nitrogen and oxygen atoms in total. The first-order valence-electron chi connectivity index (χ1n) is 9.51. The third-order valence-electron chi connectivity index (χ3n) is 5.82. The van der Waals surface area contributed by atoms with Gasteiger partial charge in [-0.25, -0.2) is 8.78 Å². The van der Waals surface area contributed by atoms with Crippen LogP contribution in [0, 0.1) is 18.6 Å². The quantitative estimate of drug-likeness (QED) is 0.806. The number of nitrogens with zero attached hydrogens (tertiary/aromatic N) is 2. The zero-order valence-corrected chi connectivity index (χ0v) is 15.2. The van der Waals surface area contributed by atoms with E-state index in [-0.39, 0.29) is 18.0 Å². The van der Waals surface area contributed by atoms with Crippen molar-refractivity contribution < 1.29 is 13.6 Å². The molecular formula is C21H24F2N2O. The van der Waals surface area contributed by atoms with Crippen LogP contribution in [-0.4, -0.2) is 28.5 Å². The summed E-state index contributed by atoms with van der Waals surface area (Å²) in [5, 5.41) is 0. The molecule has 138 valence electrons. The maximum atomic E-state index is 14.3. The van der Waals surface area contributed by atoms with Crippen molar-refractivity contribution in [3.63, 3.8) is 0 Å². The summed E-state index contributed by atoms with van der Waals surface area (Å²) < 4.78 is 30.4. The number of benzene rings is 1. The summed E-state index contributed by atoms with van der Waals surface area (Å²) in [6, 6.07) is 3.94. The van der Waals surface area contributed by atoms with E-state index in [1.165, 1.54) is 23.8 Å². The molecule has 1 aromatic heterocycles. The Kier molecular flexibility index (Phi) is 4.55. The smallest absolute Gasteiger partial charge is 0.270 e. The summed E-state index contributed by atoms with van der Waals surface area (Å²) in [6.45, 7) is 3.59. The van der Waals surface area contributed by atoms with Crippen molar-refractivity contribution in [3.05, 3.63) is 57.9 Å². The number of carbonyl (C=O) groups is 1. The lowest BCUT2D eigenvalue weighted by atomic mass is 9.95. The molecule has 1 aliphatic heterocycles. The molecule has 0 spiro atoms. The van der Waals surface area contributed by atoms with Gasteiger partial charge in [0, 0.05) is 24.3 Å². The zero-order valence-electron chi connectivity index (χ0n) is 15.2. The number of aromatic nitrogens is 1. The van der Waals surface area contributed by atoms with Crippen molar-refractivity contribution in [1.82, 2.24) is 9.47 Å². The average Bonchev–Trinajstić information content (AvgIpc) is 3.26. The topological polar surface area (TPSA) is 25.2 Å². The summed E-state index contributed by atoms with van der Waals surface area (Å²) in [6.07, 6.45) is 5.99. The van der Waals surface area contributed by atoms with Gasteiger partial charge < -0.3 is 9.47 Å². The lowest BCUT2D eigenvalue weighted by molar-refractivity contribution is 0.0781. The van der Waals surface area contributed by atoms with Crippen LogP contribution in [0.1, 0.15) is 58.6 Å². The van der Waals surface area contributed by atoms with E-state index >= 15 is 0 Å². The predicted molar refractivity (Wildman–Crippen MR) is 96.4 cm³/mol. The lowest BCUT2D eigenvalue weighted by Crippen LogP contribution is -2.30. The Hall–Kier alpha value is -2.17. The van der Waals surface area contributed by atoms with Gasteiger partial charge in [-0.3, -0.25) is 4.79 Å². The highest BCUT2D eigenvalue weighted by molar-refractivity contribution is 5.95. The zero-order chi connectivity index (χ0) is 18.3. The third-order valence-corrected chi connectivity index (χ3v) is 5.82. The van der Waals surface area contributed by atoms with E-state index in [1.807, 2.05) is 16.4 Å². The largest absolute Gasteiger partial charge is 0.337 e. The second-order valence-electron chi connectivity index (χ2n) is 7.39. The van der Waals surface area contributed by atoms with Crippen molar-refractivity contribution in [2.45, 2.75) is 52.0 Å². The van der Waals surface area contributed by atoms with Crippen molar-refractivity contribution in [1.29, 1.82) is 0 Å². The Morgan fingerprint density at radius 3 is 2.38 bits per heavy atom. The van der Waals surface area contributed by atoms with Gasteiger partial charge in [-0.05, 0) is 68.7 Å². The molecule has 1 fully saturated rings. The van der Waals surface area contributed by atoms with Gasteiger partial charge in [-0.1, -0.05) is 6.07 Å². The monoisotopic (exact) mass is 358 g/mol. The fourth-order valence-electron chi connectivity index (χ4n) is 4.43. The molecule has 1 amide bonds. The predicted octanol–water partition coefficient (Wildman–Crippen LogP) is 4.24. The van der Waals surface area contributed by atoms with Crippen LogP contribution < -0.4 is 0 Å². The lowest BCUT2D eigenvalue weighted by Gasteiger charge is -2.20. The maximum Gasteiger partial charge on any atom is 0.270 e. The molecule has 1 saturated heterocycles. The number of likely N-dealkylation sites (tertiary alicyclic amines) is 1. The molecule has 2 aliphatic rings. The van der Waals surface area contributed by atoms with Crippen LogP contribution in [0.2, 0.25) is 0 Å². The molecule has 0 radical (unpaired) electrons. The van der Waals surface area contributed by atoms with E-state index < -0.39 is 11.6 Å². The fourth-order valence-corrected chi connectivity index (χ4v) is 4.43. The number of halogens is 2. The van der Waals surface area contributed by atoms with Crippen LogP contribution in [0.15, 0.2) is 18.2 Å². The molecule has 1 aromatic carbocycles. The van der Waals surface area contributed by atoms with Gasteiger partial charge in [0.05, 0.1) is 6.54 Å². The summed E-state index contributed by atoms with van der Waals surface area (Å²) in [4.78, 5) is 15.1.